The monoisotopic (exact) mass is 165 g/mol. The molecule has 0 unspecified atom stereocenters. The lowest BCUT2D eigenvalue weighted by Gasteiger charge is -2.03. The maximum atomic E-state index is 8.57. The molecule has 3 nitrogen and oxygen atoms in total. The number of benzene rings is 1. The number of hydrogen-bond donors (Lipinski definition) is 1. The lowest BCUT2D eigenvalue weighted by molar-refractivity contribution is 0.266. The average molecular weight is 165 g/mol. The third-order valence-corrected chi connectivity index (χ3v) is 1.39. The van der Waals surface area contributed by atoms with Crippen LogP contribution in [0.3, 0.4) is 0 Å². The van der Waals surface area contributed by atoms with Crippen LogP contribution in [0.25, 0.3) is 0 Å². The van der Waals surface area contributed by atoms with E-state index < -0.39 is 0 Å². The van der Waals surface area contributed by atoms with Gasteiger partial charge in [-0.15, -0.1) is 0 Å². The minimum absolute atomic E-state index is 0.262. The molecule has 0 atom stereocenters. The van der Waals surface area contributed by atoms with E-state index in [1.54, 1.807) is 0 Å². The zero-order valence-electron chi connectivity index (χ0n) is 6.90. The highest BCUT2D eigenvalue weighted by atomic mass is 16.5. The Kier molecular flexibility index (Phi) is 3.14. The zero-order valence-corrected chi connectivity index (χ0v) is 6.90. The highest BCUT2D eigenvalue weighted by Gasteiger charge is 2.01. The normalized spacial score (nSPS) is 11.2. The summed E-state index contributed by atoms with van der Waals surface area (Å²) < 4.78 is 5.08. The van der Waals surface area contributed by atoms with Gasteiger partial charge in [-0.3, -0.25) is 0 Å². The summed E-state index contributed by atoms with van der Waals surface area (Å²) in [5.41, 5.74) is 0.779. The third kappa shape index (κ3) is 1.99. The third-order valence-electron chi connectivity index (χ3n) is 1.39. The second kappa shape index (κ2) is 4.38. The van der Waals surface area contributed by atoms with Gasteiger partial charge >= 0.3 is 0 Å². The Bertz CT molecular complexity index is 256. The molecule has 0 aliphatic heterocycles. The van der Waals surface area contributed by atoms with Gasteiger partial charge in [0.15, 0.2) is 0 Å². The first-order valence-corrected chi connectivity index (χ1v) is 3.78. The molecule has 0 saturated carbocycles. The Morgan fingerprint density at radius 2 is 2.08 bits per heavy atom. The first kappa shape index (κ1) is 8.59. The van der Waals surface area contributed by atoms with Crippen LogP contribution in [0.1, 0.15) is 12.5 Å². The van der Waals surface area contributed by atoms with Gasteiger partial charge in [-0.05, 0) is 24.2 Å². The molecule has 12 heavy (non-hydrogen) atoms. The molecule has 0 spiro atoms. The average Bonchev–Trinajstić information content (AvgIpc) is 2.15. The highest BCUT2D eigenvalue weighted by molar-refractivity contribution is 5.93. The van der Waals surface area contributed by atoms with E-state index in [1.807, 2.05) is 37.3 Å². The van der Waals surface area contributed by atoms with E-state index in [0.29, 0.717) is 6.61 Å². The lowest BCUT2D eigenvalue weighted by Crippen LogP contribution is -2.05. The summed E-state index contributed by atoms with van der Waals surface area (Å²) in [5.74, 6) is 0.262. The highest BCUT2D eigenvalue weighted by Crippen LogP contribution is 2.01. The van der Waals surface area contributed by atoms with E-state index in [1.165, 1.54) is 0 Å². The molecule has 0 aliphatic carbocycles. The van der Waals surface area contributed by atoms with Crippen molar-refractivity contribution < 1.29 is 9.94 Å². The smallest absolute Gasteiger partial charge is 0.257 e. The maximum absolute atomic E-state index is 8.57. The van der Waals surface area contributed by atoms with Gasteiger partial charge in [0, 0.05) is 5.56 Å². The van der Waals surface area contributed by atoms with Crippen LogP contribution < -0.4 is 0 Å². The molecular weight excluding hydrogens is 154 g/mol. The zero-order chi connectivity index (χ0) is 8.81. The molecule has 1 aromatic rings. The standard InChI is InChI=1S/C9H11NO2/c1-2-12-9(10-11)8-6-4-3-5-7-8/h3-7,11H,2H2,1H3/b10-9-. The van der Waals surface area contributed by atoms with Gasteiger partial charge in [0.2, 0.25) is 0 Å². The number of nitrogens with zero attached hydrogens (tertiary/aromatic N) is 1. The molecule has 1 rings (SSSR count). The molecule has 0 heterocycles. The number of ether oxygens (including phenoxy) is 1. The molecule has 1 N–H and O–H groups in total. The summed E-state index contributed by atoms with van der Waals surface area (Å²) in [5, 5.41) is 11.6. The second-order valence-corrected chi connectivity index (χ2v) is 2.20. The number of rotatable bonds is 2. The van der Waals surface area contributed by atoms with Crippen LogP contribution >= 0.6 is 0 Å². The van der Waals surface area contributed by atoms with Crippen LogP contribution in [0.5, 0.6) is 0 Å². The SMILES string of the molecule is CCO/C(=N\O)c1ccccc1. The van der Waals surface area contributed by atoms with Crippen molar-refractivity contribution in [2.75, 3.05) is 6.61 Å². The Balaban J connectivity index is 2.82. The van der Waals surface area contributed by atoms with Crippen molar-refractivity contribution in [3.05, 3.63) is 35.9 Å². The number of oxime groups is 1. The molecule has 0 aliphatic rings. The number of hydrogen-bond acceptors (Lipinski definition) is 3. The van der Waals surface area contributed by atoms with Gasteiger partial charge in [0.25, 0.3) is 5.90 Å². The minimum atomic E-state index is 0.262. The quantitative estimate of drug-likeness (QED) is 0.314. The Morgan fingerprint density at radius 1 is 1.42 bits per heavy atom. The van der Waals surface area contributed by atoms with Crippen molar-refractivity contribution >= 4 is 5.90 Å². The van der Waals surface area contributed by atoms with Gasteiger partial charge in [-0.2, -0.15) is 0 Å². The molecule has 0 bridgehead atoms. The van der Waals surface area contributed by atoms with Crippen LogP contribution in [0.2, 0.25) is 0 Å². The van der Waals surface area contributed by atoms with Crippen molar-refractivity contribution in [3.8, 4) is 0 Å². The molecule has 64 valence electrons. The van der Waals surface area contributed by atoms with Crippen LogP contribution in [0.15, 0.2) is 35.5 Å². The first-order valence-electron chi connectivity index (χ1n) is 3.78. The fourth-order valence-electron chi connectivity index (χ4n) is 0.887. The van der Waals surface area contributed by atoms with Crippen molar-refractivity contribution in [1.29, 1.82) is 0 Å². The van der Waals surface area contributed by atoms with Gasteiger partial charge in [0.1, 0.15) is 0 Å². The second-order valence-electron chi connectivity index (χ2n) is 2.20. The Labute approximate surface area is 71.3 Å². The van der Waals surface area contributed by atoms with Crippen molar-refractivity contribution in [2.45, 2.75) is 6.92 Å². The topological polar surface area (TPSA) is 41.8 Å². The van der Waals surface area contributed by atoms with Crippen LogP contribution in [0.4, 0.5) is 0 Å². The predicted molar refractivity (Wildman–Crippen MR) is 46.4 cm³/mol. The van der Waals surface area contributed by atoms with Gasteiger partial charge in [-0.25, -0.2) is 0 Å². The minimum Gasteiger partial charge on any atom is -0.475 e. The molecular formula is C9H11NO2. The van der Waals surface area contributed by atoms with Gasteiger partial charge < -0.3 is 9.94 Å². The molecule has 1 aromatic carbocycles. The fraction of sp³-hybridized carbons (Fsp3) is 0.222. The van der Waals surface area contributed by atoms with E-state index in [-0.39, 0.29) is 5.90 Å². The van der Waals surface area contributed by atoms with Gasteiger partial charge in [0.05, 0.1) is 6.61 Å². The molecule has 0 radical (unpaired) electrons. The molecule has 0 amide bonds. The van der Waals surface area contributed by atoms with Crippen LogP contribution in [0, 0.1) is 0 Å². The maximum Gasteiger partial charge on any atom is 0.257 e. The Morgan fingerprint density at radius 3 is 2.58 bits per heavy atom. The summed E-state index contributed by atoms with van der Waals surface area (Å²) >= 11 is 0. The summed E-state index contributed by atoms with van der Waals surface area (Å²) in [6.07, 6.45) is 0. The molecule has 0 fully saturated rings. The van der Waals surface area contributed by atoms with Crippen molar-refractivity contribution in [1.82, 2.24) is 0 Å². The van der Waals surface area contributed by atoms with E-state index in [9.17, 15) is 0 Å². The largest absolute Gasteiger partial charge is 0.475 e. The summed E-state index contributed by atoms with van der Waals surface area (Å²) in [6, 6.07) is 9.26. The Hall–Kier alpha value is -1.51. The van der Waals surface area contributed by atoms with E-state index in [4.69, 9.17) is 9.94 Å². The summed E-state index contributed by atoms with van der Waals surface area (Å²) in [6.45, 7) is 2.34. The van der Waals surface area contributed by atoms with E-state index >= 15 is 0 Å². The lowest BCUT2D eigenvalue weighted by atomic mass is 10.2. The fourth-order valence-corrected chi connectivity index (χ4v) is 0.887. The van der Waals surface area contributed by atoms with Crippen molar-refractivity contribution in [2.24, 2.45) is 5.16 Å². The van der Waals surface area contributed by atoms with Crippen LogP contribution in [-0.2, 0) is 4.74 Å². The predicted octanol–water partition coefficient (Wildman–Crippen LogP) is 1.86. The van der Waals surface area contributed by atoms with E-state index in [0.717, 1.165) is 5.56 Å². The molecule has 0 aromatic heterocycles. The summed E-state index contributed by atoms with van der Waals surface area (Å²) in [7, 11) is 0. The molecule has 0 saturated heterocycles. The van der Waals surface area contributed by atoms with Crippen molar-refractivity contribution in [3.63, 3.8) is 0 Å². The van der Waals surface area contributed by atoms with E-state index in [2.05, 4.69) is 5.16 Å². The summed E-state index contributed by atoms with van der Waals surface area (Å²) in [4.78, 5) is 0. The van der Waals surface area contributed by atoms with Crippen LogP contribution in [-0.4, -0.2) is 17.7 Å². The molecule has 3 heteroatoms. The van der Waals surface area contributed by atoms with Gasteiger partial charge in [-0.1, -0.05) is 18.2 Å². The first-order chi connectivity index (χ1) is 5.88.